The normalized spacial score (nSPS) is 31.6. The Morgan fingerprint density at radius 1 is 1.29 bits per heavy atom. The maximum absolute atomic E-state index is 12.4. The van der Waals surface area contributed by atoms with Crippen LogP contribution in [0.3, 0.4) is 0 Å². The number of fused-ring (bicyclic) bond motifs is 2. The van der Waals surface area contributed by atoms with Crippen molar-refractivity contribution in [3.63, 3.8) is 0 Å². The SMILES string of the molecule is O=C(c1ccnnc1)N1C2CCC1CC(Cl)C2. The van der Waals surface area contributed by atoms with Crippen LogP contribution < -0.4 is 0 Å². The van der Waals surface area contributed by atoms with Crippen molar-refractivity contribution < 1.29 is 4.79 Å². The number of nitrogens with zero attached hydrogens (tertiary/aromatic N) is 3. The predicted octanol–water partition coefficient (Wildman–Crippen LogP) is 1.85. The first kappa shape index (κ1) is 11.0. The van der Waals surface area contributed by atoms with Crippen LogP contribution in [0.25, 0.3) is 0 Å². The zero-order valence-corrected chi connectivity index (χ0v) is 10.2. The summed E-state index contributed by atoms with van der Waals surface area (Å²) in [6.07, 6.45) is 7.10. The third-order valence-electron chi connectivity index (χ3n) is 3.74. The minimum Gasteiger partial charge on any atom is -0.333 e. The van der Waals surface area contributed by atoms with Crippen molar-refractivity contribution in [1.82, 2.24) is 15.1 Å². The van der Waals surface area contributed by atoms with Crippen molar-refractivity contribution in [2.24, 2.45) is 0 Å². The van der Waals surface area contributed by atoms with Gasteiger partial charge in [0.25, 0.3) is 5.91 Å². The molecule has 2 atom stereocenters. The molecule has 2 fully saturated rings. The standard InChI is InChI=1S/C12H14ClN3O/c13-9-5-10-1-2-11(6-9)16(10)12(17)8-3-4-14-15-7-8/h3-4,7,9-11H,1-2,5-6H2. The van der Waals surface area contributed by atoms with Gasteiger partial charge in [0, 0.05) is 17.5 Å². The average Bonchev–Trinajstić information content (AvgIpc) is 2.62. The molecule has 0 aromatic carbocycles. The van der Waals surface area contributed by atoms with E-state index in [-0.39, 0.29) is 11.3 Å². The minimum atomic E-state index is 0.0796. The average molecular weight is 252 g/mol. The summed E-state index contributed by atoms with van der Waals surface area (Å²) < 4.78 is 0. The Labute approximate surface area is 105 Å². The third-order valence-corrected chi connectivity index (χ3v) is 4.10. The van der Waals surface area contributed by atoms with Crippen LogP contribution in [-0.4, -0.2) is 38.5 Å². The summed E-state index contributed by atoms with van der Waals surface area (Å²) in [6.45, 7) is 0. The van der Waals surface area contributed by atoms with Gasteiger partial charge in [-0.15, -0.1) is 11.6 Å². The fourth-order valence-corrected chi connectivity index (χ4v) is 3.42. The molecule has 3 rings (SSSR count). The molecule has 2 aliphatic rings. The summed E-state index contributed by atoms with van der Waals surface area (Å²) in [6, 6.07) is 2.36. The predicted molar refractivity (Wildman–Crippen MR) is 63.9 cm³/mol. The zero-order chi connectivity index (χ0) is 11.8. The van der Waals surface area contributed by atoms with E-state index in [0.29, 0.717) is 17.6 Å². The van der Waals surface area contributed by atoms with Crippen LogP contribution in [-0.2, 0) is 0 Å². The van der Waals surface area contributed by atoms with Crippen molar-refractivity contribution in [3.8, 4) is 0 Å². The summed E-state index contributed by atoms with van der Waals surface area (Å²) in [5.41, 5.74) is 0.630. The Morgan fingerprint density at radius 3 is 2.59 bits per heavy atom. The second-order valence-electron chi connectivity index (χ2n) is 4.80. The Balaban J connectivity index is 1.84. The van der Waals surface area contributed by atoms with Crippen LogP contribution in [0.15, 0.2) is 18.5 Å². The number of alkyl halides is 1. The number of halogens is 1. The molecule has 1 aromatic heterocycles. The quantitative estimate of drug-likeness (QED) is 0.716. The van der Waals surface area contributed by atoms with Crippen molar-refractivity contribution in [3.05, 3.63) is 24.0 Å². The second-order valence-corrected chi connectivity index (χ2v) is 5.41. The van der Waals surface area contributed by atoms with Crippen molar-refractivity contribution in [2.45, 2.75) is 43.1 Å². The number of carbonyl (C=O) groups excluding carboxylic acids is 1. The molecule has 2 bridgehead atoms. The molecule has 0 radical (unpaired) electrons. The second kappa shape index (κ2) is 4.26. The highest BCUT2D eigenvalue weighted by atomic mass is 35.5. The number of hydrogen-bond donors (Lipinski definition) is 0. The van der Waals surface area contributed by atoms with Crippen LogP contribution in [0.1, 0.15) is 36.0 Å². The molecule has 5 heteroatoms. The maximum Gasteiger partial charge on any atom is 0.256 e. The fraction of sp³-hybridized carbons (Fsp3) is 0.583. The van der Waals surface area contributed by atoms with Crippen molar-refractivity contribution >= 4 is 17.5 Å². The van der Waals surface area contributed by atoms with E-state index in [0.717, 1.165) is 25.7 Å². The van der Waals surface area contributed by atoms with Gasteiger partial charge in [-0.25, -0.2) is 0 Å². The smallest absolute Gasteiger partial charge is 0.256 e. The number of carbonyl (C=O) groups is 1. The van der Waals surface area contributed by atoms with E-state index in [9.17, 15) is 4.79 Å². The van der Waals surface area contributed by atoms with E-state index in [1.54, 1.807) is 12.3 Å². The molecular weight excluding hydrogens is 238 g/mol. The first-order chi connectivity index (χ1) is 8.25. The lowest BCUT2D eigenvalue weighted by Crippen LogP contribution is -2.47. The van der Waals surface area contributed by atoms with E-state index >= 15 is 0 Å². The van der Waals surface area contributed by atoms with Gasteiger partial charge in [-0.1, -0.05) is 0 Å². The minimum absolute atomic E-state index is 0.0796. The molecule has 3 heterocycles. The molecule has 2 saturated heterocycles. The maximum atomic E-state index is 12.4. The lowest BCUT2D eigenvalue weighted by atomic mass is 10.0. The molecule has 1 amide bonds. The summed E-state index contributed by atoms with van der Waals surface area (Å²) in [5.74, 6) is 0.0796. The van der Waals surface area contributed by atoms with Gasteiger partial charge in [0.1, 0.15) is 0 Å². The highest BCUT2D eigenvalue weighted by molar-refractivity contribution is 6.20. The van der Waals surface area contributed by atoms with E-state index in [1.165, 1.54) is 6.20 Å². The number of piperidine rings is 1. The van der Waals surface area contributed by atoms with Gasteiger partial charge < -0.3 is 4.90 Å². The monoisotopic (exact) mass is 251 g/mol. The summed E-state index contributed by atoms with van der Waals surface area (Å²) in [4.78, 5) is 14.4. The molecule has 0 saturated carbocycles. The van der Waals surface area contributed by atoms with Gasteiger partial charge in [0.15, 0.2) is 0 Å². The number of hydrogen-bond acceptors (Lipinski definition) is 3. The molecule has 0 spiro atoms. The zero-order valence-electron chi connectivity index (χ0n) is 9.42. The van der Waals surface area contributed by atoms with Gasteiger partial charge in [-0.05, 0) is 31.7 Å². The molecule has 1 aromatic rings. The van der Waals surface area contributed by atoms with E-state index in [2.05, 4.69) is 10.2 Å². The van der Waals surface area contributed by atoms with E-state index in [1.807, 2.05) is 4.90 Å². The van der Waals surface area contributed by atoms with Gasteiger partial charge in [-0.3, -0.25) is 4.79 Å². The highest BCUT2D eigenvalue weighted by Crippen LogP contribution is 2.38. The van der Waals surface area contributed by atoms with Crippen LogP contribution in [0.4, 0.5) is 0 Å². The van der Waals surface area contributed by atoms with Crippen LogP contribution in [0, 0.1) is 0 Å². The molecule has 2 unspecified atom stereocenters. The molecular formula is C12H14ClN3O. The Morgan fingerprint density at radius 2 is 2.00 bits per heavy atom. The van der Waals surface area contributed by atoms with E-state index < -0.39 is 0 Å². The Kier molecular flexibility index (Phi) is 2.74. The molecule has 90 valence electrons. The lowest BCUT2D eigenvalue weighted by Gasteiger charge is -2.37. The van der Waals surface area contributed by atoms with Crippen molar-refractivity contribution in [2.75, 3.05) is 0 Å². The lowest BCUT2D eigenvalue weighted by molar-refractivity contribution is 0.0599. The molecule has 0 aliphatic carbocycles. The summed E-state index contributed by atoms with van der Waals surface area (Å²) >= 11 is 6.20. The van der Waals surface area contributed by atoms with Crippen LogP contribution in [0.2, 0.25) is 0 Å². The molecule has 0 N–H and O–H groups in total. The number of aromatic nitrogens is 2. The number of amides is 1. The summed E-state index contributed by atoms with van der Waals surface area (Å²) in [5, 5.41) is 7.69. The van der Waals surface area contributed by atoms with Crippen LogP contribution in [0.5, 0.6) is 0 Å². The first-order valence-electron chi connectivity index (χ1n) is 5.99. The Hall–Kier alpha value is -1.16. The molecule has 4 nitrogen and oxygen atoms in total. The fourth-order valence-electron chi connectivity index (χ4n) is 3.01. The van der Waals surface area contributed by atoms with Crippen molar-refractivity contribution in [1.29, 1.82) is 0 Å². The van der Waals surface area contributed by atoms with Gasteiger partial charge in [0.05, 0.1) is 18.0 Å². The summed E-state index contributed by atoms with van der Waals surface area (Å²) in [7, 11) is 0. The third kappa shape index (κ3) is 1.90. The van der Waals surface area contributed by atoms with Gasteiger partial charge in [0.2, 0.25) is 0 Å². The number of rotatable bonds is 1. The van der Waals surface area contributed by atoms with E-state index in [4.69, 9.17) is 11.6 Å². The first-order valence-corrected chi connectivity index (χ1v) is 6.43. The van der Waals surface area contributed by atoms with Crippen LogP contribution >= 0.6 is 11.6 Å². The molecule has 2 aliphatic heterocycles. The Bertz CT molecular complexity index is 411. The topological polar surface area (TPSA) is 46.1 Å². The largest absolute Gasteiger partial charge is 0.333 e. The molecule has 17 heavy (non-hydrogen) atoms. The highest BCUT2D eigenvalue weighted by Gasteiger charge is 2.42. The van der Waals surface area contributed by atoms with Gasteiger partial charge >= 0.3 is 0 Å². The van der Waals surface area contributed by atoms with Gasteiger partial charge in [-0.2, -0.15) is 10.2 Å².